The van der Waals surface area contributed by atoms with Crippen LogP contribution in [0.1, 0.15) is 18.6 Å². The molecule has 1 N–H and O–H groups in total. The van der Waals surface area contributed by atoms with E-state index < -0.39 is 29.8 Å². The lowest BCUT2D eigenvalue weighted by Crippen LogP contribution is -2.55. The van der Waals surface area contributed by atoms with Gasteiger partial charge in [0.25, 0.3) is 0 Å². The summed E-state index contributed by atoms with van der Waals surface area (Å²) in [6, 6.07) is 9.16. The third kappa shape index (κ3) is 1.98. The maximum absolute atomic E-state index is 12.6. The Kier molecular flexibility index (Phi) is 3.62. The summed E-state index contributed by atoms with van der Waals surface area (Å²) in [5.74, 6) is -0.590. The summed E-state index contributed by atoms with van der Waals surface area (Å²) in [6.45, 7) is 2.73. The molecule has 5 atom stereocenters. The molecular formula is C16H19NO6. The van der Waals surface area contributed by atoms with E-state index in [9.17, 15) is 9.90 Å². The molecule has 7 heteroatoms. The minimum atomic E-state index is -1.13. The number of ether oxygens (including phenoxy) is 2. The van der Waals surface area contributed by atoms with Crippen LogP contribution >= 0.6 is 0 Å². The van der Waals surface area contributed by atoms with Gasteiger partial charge in [0.1, 0.15) is 18.3 Å². The lowest BCUT2D eigenvalue weighted by molar-refractivity contribution is -0.361. The Bertz CT molecular complexity index is 595. The first-order valence-electron chi connectivity index (χ1n) is 7.81. The van der Waals surface area contributed by atoms with Crippen LogP contribution < -0.4 is 0 Å². The Balaban J connectivity index is 1.67. The van der Waals surface area contributed by atoms with Crippen LogP contribution in [0.15, 0.2) is 30.3 Å². The number of hydrogen-bond donors (Lipinski definition) is 1. The summed E-state index contributed by atoms with van der Waals surface area (Å²) in [6.07, 6.45) is -2.29. The van der Waals surface area contributed by atoms with Gasteiger partial charge in [-0.3, -0.25) is 9.68 Å². The van der Waals surface area contributed by atoms with Crippen LogP contribution in [-0.2, 0) is 23.9 Å². The number of nitrogens with zero attached hydrogens (tertiary/aromatic N) is 1. The standard InChI is InChI=1S/C16H19NO6/c1-2-20-15(19)16-11-8-21-14(16)13(23-17(16)22-9-11)12(18)10-6-4-3-5-7-10/h3-7,11-14,18H,2,8-9H2,1H3/t11-,12?,13-,14+,16+/m0/s1. The molecular weight excluding hydrogens is 302 g/mol. The zero-order valence-corrected chi connectivity index (χ0v) is 12.8. The minimum Gasteiger partial charge on any atom is -0.464 e. The number of aliphatic hydroxyl groups excluding tert-OH is 1. The van der Waals surface area contributed by atoms with Crippen molar-refractivity contribution in [1.82, 2.24) is 5.23 Å². The fourth-order valence-corrected chi connectivity index (χ4v) is 3.69. The number of benzene rings is 1. The molecule has 23 heavy (non-hydrogen) atoms. The lowest BCUT2D eigenvalue weighted by Gasteiger charge is -2.27. The molecule has 3 fully saturated rings. The third-order valence-electron chi connectivity index (χ3n) is 4.80. The lowest BCUT2D eigenvalue weighted by atomic mass is 9.81. The SMILES string of the molecule is CCOC(=O)[C@@]12[C@H]3CO[C@@H]1[C@H](C(O)c1ccccc1)ON2OC3. The predicted octanol–water partition coefficient (Wildman–Crippen LogP) is 0.598. The van der Waals surface area contributed by atoms with Crippen LogP contribution in [-0.4, -0.2) is 53.9 Å². The van der Waals surface area contributed by atoms with Gasteiger partial charge in [-0.1, -0.05) is 30.3 Å². The number of carbonyl (C=O) groups excluding carboxylic acids is 1. The molecule has 124 valence electrons. The molecule has 3 heterocycles. The van der Waals surface area contributed by atoms with Crippen LogP contribution in [0.2, 0.25) is 0 Å². The van der Waals surface area contributed by atoms with E-state index in [0.717, 1.165) is 0 Å². The van der Waals surface area contributed by atoms with E-state index in [2.05, 4.69) is 0 Å². The normalized spacial score (nSPS) is 36.9. The molecule has 3 aliphatic heterocycles. The molecule has 0 radical (unpaired) electrons. The number of hydrogen-bond acceptors (Lipinski definition) is 7. The van der Waals surface area contributed by atoms with E-state index in [-0.39, 0.29) is 12.5 Å². The third-order valence-corrected chi connectivity index (χ3v) is 4.80. The van der Waals surface area contributed by atoms with E-state index in [1.54, 1.807) is 6.92 Å². The molecule has 4 rings (SSSR count). The highest BCUT2D eigenvalue weighted by atomic mass is 17.0. The molecule has 1 aromatic rings. The molecule has 7 nitrogen and oxygen atoms in total. The first-order chi connectivity index (χ1) is 11.2. The second kappa shape index (κ2) is 5.54. The Morgan fingerprint density at radius 2 is 2.22 bits per heavy atom. The quantitative estimate of drug-likeness (QED) is 0.814. The van der Waals surface area contributed by atoms with E-state index in [1.807, 2.05) is 30.3 Å². The van der Waals surface area contributed by atoms with E-state index in [1.165, 1.54) is 5.23 Å². The maximum Gasteiger partial charge on any atom is 0.334 e. The average Bonchev–Trinajstić information content (AvgIpc) is 3.21. The maximum atomic E-state index is 12.6. The summed E-state index contributed by atoms with van der Waals surface area (Å²) in [5, 5.41) is 11.9. The topological polar surface area (TPSA) is 77.5 Å². The van der Waals surface area contributed by atoms with Gasteiger partial charge < -0.3 is 14.6 Å². The first-order valence-corrected chi connectivity index (χ1v) is 7.81. The fraction of sp³-hybridized carbons (Fsp3) is 0.562. The number of esters is 1. The van der Waals surface area contributed by atoms with Crippen molar-refractivity contribution in [2.45, 2.75) is 30.8 Å². The highest BCUT2D eigenvalue weighted by molar-refractivity contribution is 5.83. The zero-order valence-electron chi connectivity index (χ0n) is 12.8. The van der Waals surface area contributed by atoms with Gasteiger partial charge in [-0.25, -0.2) is 4.79 Å². The number of carbonyl (C=O) groups is 1. The van der Waals surface area contributed by atoms with Crippen LogP contribution in [0.5, 0.6) is 0 Å². The van der Waals surface area contributed by atoms with Gasteiger partial charge in [0.15, 0.2) is 0 Å². The van der Waals surface area contributed by atoms with Crippen molar-refractivity contribution in [2.24, 2.45) is 5.92 Å². The Morgan fingerprint density at radius 3 is 2.96 bits per heavy atom. The molecule has 0 aromatic heterocycles. The van der Waals surface area contributed by atoms with Gasteiger partial charge >= 0.3 is 5.97 Å². The summed E-state index contributed by atoms with van der Waals surface area (Å²) in [5.41, 5.74) is -0.430. The van der Waals surface area contributed by atoms with Crippen molar-refractivity contribution in [2.75, 3.05) is 19.8 Å². The molecule has 0 bridgehead atoms. The van der Waals surface area contributed by atoms with Gasteiger partial charge in [0.2, 0.25) is 5.54 Å². The molecule has 0 saturated carbocycles. The number of rotatable bonds is 4. The van der Waals surface area contributed by atoms with Crippen molar-refractivity contribution in [3.8, 4) is 0 Å². The van der Waals surface area contributed by atoms with Gasteiger partial charge in [-0.05, 0) is 17.7 Å². The van der Waals surface area contributed by atoms with E-state index in [4.69, 9.17) is 19.1 Å². The Labute approximate surface area is 133 Å². The van der Waals surface area contributed by atoms with Crippen molar-refractivity contribution >= 4 is 5.97 Å². The van der Waals surface area contributed by atoms with E-state index in [0.29, 0.717) is 18.8 Å². The van der Waals surface area contributed by atoms with Gasteiger partial charge in [0.05, 0.1) is 19.8 Å². The predicted molar refractivity (Wildman–Crippen MR) is 76.7 cm³/mol. The largest absolute Gasteiger partial charge is 0.464 e. The molecule has 1 aromatic carbocycles. The monoisotopic (exact) mass is 321 g/mol. The molecule has 1 unspecified atom stereocenters. The highest BCUT2D eigenvalue weighted by Crippen LogP contribution is 2.52. The van der Waals surface area contributed by atoms with Gasteiger partial charge in [-0.2, -0.15) is 0 Å². The molecule has 0 amide bonds. The molecule has 0 spiro atoms. The summed E-state index contributed by atoms with van der Waals surface area (Å²) < 4.78 is 11.1. The van der Waals surface area contributed by atoms with E-state index >= 15 is 0 Å². The second-order valence-electron chi connectivity index (χ2n) is 5.98. The van der Waals surface area contributed by atoms with Crippen LogP contribution in [0.3, 0.4) is 0 Å². The second-order valence-corrected chi connectivity index (χ2v) is 5.98. The molecule has 0 aliphatic carbocycles. The van der Waals surface area contributed by atoms with Crippen molar-refractivity contribution in [3.05, 3.63) is 35.9 Å². The summed E-state index contributed by atoms with van der Waals surface area (Å²) >= 11 is 0. The number of hydroxylamine groups is 2. The van der Waals surface area contributed by atoms with Crippen LogP contribution in [0.4, 0.5) is 0 Å². The Hall–Kier alpha value is -1.51. The van der Waals surface area contributed by atoms with Crippen LogP contribution in [0, 0.1) is 5.92 Å². The molecule has 3 aliphatic rings. The molecule has 3 saturated heterocycles. The Morgan fingerprint density at radius 1 is 1.43 bits per heavy atom. The summed E-state index contributed by atoms with van der Waals surface area (Å²) in [7, 11) is 0. The van der Waals surface area contributed by atoms with Crippen molar-refractivity contribution in [3.63, 3.8) is 0 Å². The fourth-order valence-electron chi connectivity index (χ4n) is 3.69. The average molecular weight is 321 g/mol. The minimum absolute atomic E-state index is 0.167. The zero-order chi connectivity index (χ0) is 16.0. The van der Waals surface area contributed by atoms with Crippen molar-refractivity contribution < 1.29 is 29.0 Å². The highest BCUT2D eigenvalue weighted by Gasteiger charge is 2.74. The summed E-state index contributed by atoms with van der Waals surface area (Å²) in [4.78, 5) is 23.9. The van der Waals surface area contributed by atoms with Crippen LogP contribution in [0.25, 0.3) is 0 Å². The van der Waals surface area contributed by atoms with Crippen molar-refractivity contribution in [1.29, 1.82) is 0 Å². The smallest absolute Gasteiger partial charge is 0.334 e. The first kappa shape index (κ1) is 15.0. The van der Waals surface area contributed by atoms with Gasteiger partial charge in [-0.15, -0.1) is 0 Å². The van der Waals surface area contributed by atoms with Gasteiger partial charge in [0, 0.05) is 5.92 Å². The number of aliphatic hydroxyl groups is 1.